The molecule has 0 radical (unpaired) electrons. The molecule has 3 nitrogen and oxygen atoms in total. The lowest BCUT2D eigenvalue weighted by atomic mass is 9.81. The standard InChI is InChI=1S/C18H27NO2/c1-2-14-8-10-15(11-9-14)12-19-13-17(18(20)21)16-6-4-3-5-7-16/h3-7,14-15,17,19H,2,8-13H2,1H3,(H,20,21). The number of carboxylic acid groups (broad SMARTS) is 1. The summed E-state index contributed by atoms with van der Waals surface area (Å²) in [5.74, 6) is 0.442. The minimum atomic E-state index is -0.747. The Bertz CT molecular complexity index is 424. The Morgan fingerprint density at radius 2 is 1.81 bits per heavy atom. The van der Waals surface area contributed by atoms with Gasteiger partial charge < -0.3 is 10.4 Å². The van der Waals surface area contributed by atoms with Crippen LogP contribution >= 0.6 is 0 Å². The molecular weight excluding hydrogens is 262 g/mol. The van der Waals surface area contributed by atoms with Crippen LogP contribution in [0.3, 0.4) is 0 Å². The first-order chi connectivity index (χ1) is 10.2. The number of hydrogen-bond acceptors (Lipinski definition) is 2. The maximum atomic E-state index is 11.4. The van der Waals surface area contributed by atoms with Gasteiger partial charge in [0.25, 0.3) is 0 Å². The van der Waals surface area contributed by atoms with Gasteiger partial charge in [0.15, 0.2) is 0 Å². The molecule has 21 heavy (non-hydrogen) atoms. The van der Waals surface area contributed by atoms with Crippen molar-refractivity contribution in [1.82, 2.24) is 5.32 Å². The largest absolute Gasteiger partial charge is 0.481 e. The van der Waals surface area contributed by atoms with Crippen LogP contribution in [0.15, 0.2) is 30.3 Å². The fourth-order valence-electron chi connectivity index (χ4n) is 3.31. The number of nitrogens with one attached hydrogen (secondary N) is 1. The highest BCUT2D eigenvalue weighted by Crippen LogP contribution is 2.30. The van der Waals surface area contributed by atoms with E-state index in [1.54, 1.807) is 0 Å². The maximum Gasteiger partial charge on any atom is 0.312 e. The first-order valence-corrected chi connectivity index (χ1v) is 8.19. The van der Waals surface area contributed by atoms with E-state index in [2.05, 4.69) is 12.2 Å². The van der Waals surface area contributed by atoms with Crippen LogP contribution in [0.4, 0.5) is 0 Å². The molecule has 2 rings (SSSR count). The number of carbonyl (C=O) groups is 1. The summed E-state index contributed by atoms with van der Waals surface area (Å²) in [6, 6.07) is 9.51. The molecule has 0 aliphatic heterocycles. The summed E-state index contributed by atoms with van der Waals surface area (Å²) < 4.78 is 0. The topological polar surface area (TPSA) is 49.3 Å². The zero-order valence-electron chi connectivity index (χ0n) is 12.9. The molecule has 1 atom stereocenters. The van der Waals surface area contributed by atoms with E-state index in [4.69, 9.17) is 0 Å². The molecule has 1 aromatic carbocycles. The molecule has 0 aromatic heterocycles. The third-order valence-corrected chi connectivity index (χ3v) is 4.83. The lowest BCUT2D eigenvalue weighted by Crippen LogP contribution is -2.32. The van der Waals surface area contributed by atoms with Crippen LogP contribution in [-0.2, 0) is 4.79 Å². The Balaban J connectivity index is 1.77. The lowest BCUT2D eigenvalue weighted by Gasteiger charge is -2.28. The Morgan fingerprint density at radius 1 is 1.19 bits per heavy atom. The van der Waals surface area contributed by atoms with Gasteiger partial charge >= 0.3 is 5.97 Å². The highest BCUT2D eigenvalue weighted by Gasteiger charge is 2.22. The summed E-state index contributed by atoms with van der Waals surface area (Å²) in [6.45, 7) is 3.75. The van der Waals surface area contributed by atoms with Gasteiger partial charge in [-0.05, 0) is 36.8 Å². The van der Waals surface area contributed by atoms with Gasteiger partial charge in [0, 0.05) is 6.54 Å². The normalized spacial score (nSPS) is 23.7. The third kappa shape index (κ3) is 4.85. The summed E-state index contributed by atoms with van der Waals surface area (Å²) in [7, 11) is 0. The molecular formula is C18H27NO2. The van der Waals surface area contributed by atoms with Crippen LogP contribution in [0, 0.1) is 11.8 Å². The maximum absolute atomic E-state index is 11.4. The molecule has 116 valence electrons. The van der Waals surface area contributed by atoms with E-state index >= 15 is 0 Å². The van der Waals surface area contributed by atoms with Crippen molar-refractivity contribution in [3.63, 3.8) is 0 Å². The van der Waals surface area contributed by atoms with Gasteiger partial charge in [0.1, 0.15) is 0 Å². The van der Waals surface area contributed by atoms with Gasteiger partial charge in [-0.2, -0.15) is 0 Å². The van der Waals surface area contributed by atoms with Gasteiger partial charge in [0.05, 0.1) is 5.92 Å². The Morgan fingerprint density at radius 3 is 2.38 bits per heavy atom. The minimum Gasteiger partial charge on any atom is -0.481 e. The SMILES string of the molecule is CCC1CCC(CNCC(C(=O)O)c2ccccc2)CC1. The van der Waals surface area contributed by atoms with Crippen molar-refractivity contribution >= 4 is 5.97 Å². The second-order valence-corrected chi connectivity index (χ2v) is 6.25. The van der Waals surface area contributed by atoms with Gasteiger partial charge in [-0.25, -0.2) is 0 Å². The van der Waals surface area contributed by atoms with Crippen LogP contribution in [0.25, 0.3) is 0 Å². The third-order valence-electron chi connectivity index (χ3n) is 4.83. The van der Waals surface area contributed by atoms with Crippen molar-refractivity contribution in [2.75, 3.05) is 13.1 Å². The molecule has 1 aliphatic carbocycles. The van der Waals surface area contributed by atoms with Crippen molar-refractivity contribution in [3.8, 4) is 0 Å². The van der Waals surface area contributed by atoms with E-state index in [1.165, 1.54) is 32.1 Å². The second kappa shape index (κ2) is 8.18. The summed E-state index contributed by atoms with van der Waals surface area (Å²) in [5, 5.41) is 12.8. The first kappa shape index (κ1) is 16.0. The monoisotopic (exact) mass is 289 g/mol. The first-order valence-electron chi connectivity index (χ1n) is 8.19. The van der Waals surface area contributed by atoms with E-state index in [0.717, 1.165) is 23.9 Å². The van der Waals surface area contributed by atoms with Crippen molar-refractivity contribution in [2.45, 2.75) is 44.9 Å². The summed E-state index contributed by atoms with van der Waals surface area (Å²) >= 11 is 0. The van der Waals surface area contributed by atoms with Gasteiger partial charge in [-0.15, -0.1) is 0 Å². The minimum absolute atomic E-state index is 0.446. The molecule has 0 heterocycles. The van der Waals surface area contributed by atoms with E-state index in [9.17, 15) is 9.90 Å². The van der Waals surface area contributed by atoms with Crippen LogP contribution in [0.5, 0.6) is 0 Å². The molecule has 1 aromatic rings. The predicted molar refractivity (Wildman–Crippen MR) is 85.4 cm³/mol. The molecule has 1 fully saturated rings. The van der Waals surface area contributed by atoms with E-state index in [0.29, 0.717) is 6.54 Å². The lowest BCUT2D eigenvalue weighted by molar-refractivity contribution is -0.138. The van der Waals surface area contributed by atoms with Crippen LogP contribution in [0.2, 0.25) is 0 Å². The van der Waals surface area contributed by atoms with Gasteiger partial charge in [0.2, 0.25) is 0 Å². The highest BCUT2D eigenvalue weighted by molar-refractivity contribution is 5.76. The molecule has 0 saturated heterocycles. The average Bonchev–Trinajstić information content (AvgIpc) is 2.52. The molecule has 2 N–H and O–H groups in total. The fourth-order valence-corrected chi connectivity index (χ4v) is 3.31. The number of aliphatic carboxylic acids is 1. The molecule has 0 amide bonds. The number of hydrogen-bond donors (Lipinski definition) is 2. The summed E-state index contributed by atoms with van der Waals surface area (Å²) in [6.07, 6.45) is 6.55. The quantitative estimate of drug-likeness (QED) is 0.805. The number of rotatable bonds is 7. The van der Waals surface area contributed by atoms with Crippen molar-refractivity contribution in [3.05, 3.63) is 35.9 Å². The van der Waals surface area contributed by atoms with Crippen molar-refractivity contribution in [2.24, 2.45) is 11.8 Å². The van der Waals surface area contributed by atoms with Crippen molar-refractivity contribution in [1.29, 1.82) is 0 Å². The average molecular weight is 289 g/mol. The molecule has 3 heteroatoms. The predicted octanol–water partition coefficient (Wildman–Crippen LogP) is 3.66. The fraction of sp³-hybridized carbons (Fsp3) is 0.611. The zero-order valence-corrected chi connectivity index (χ0v) is 12.9. The second-order valence-electron chi connectivity index (χ2n) is 6.25. The number of benzene rings is 1. The molecule has 1 saturated carbocycles. The van der Waals surface area contributed by atoms with Crippen LogP contribution in [-0.4, -0.2) is 24.2 Å². The molecule has 0 bridgehead atoms. The van der Waals surface area contributed by atoms with Crippen LogP contribution < -0.4 is 5.32 Å². The Kier molecular flexibility index (Phi) is 6.24. The molecule has 1 unspecified atom stereocenters. The Hall–Kier alpha value is -1.35. The van der Waals surface area contributed by atoms with E-state index < -0.39 is 11.9 Å². The molecule has 0 spiro atoms. The number of carboxylic acids is 1. The highest BCUT2D eigenvalue weighted by atomic mass is 16.4. The van der Waals surface area contributed by atoms with E-state index in [-0.39, 0.29) is 0 Å². The van der Waals surface area contributed by atoms with E-state index in [1.807, 2.05) is 30.3 Å². The van der Waals surface area contributed by atoms with Gasteiger partial charge in [-0.1, -0.05) is 56.5 Å². The van der Waals surface area contributed by atoms with Crippen LogP contribution in [0.1, 0.15) is 50.5 Å². The molecule has 1 aliphatic rings. The van der Waals surface area contributed by atoms with Gasteiger partial charge in [-0.3, -0.25) is 4.79 Å². The summed E-state index contributed by atoms with van der Waals surface area (Å²) in [5.41, 5.74) is 0.882. The smallest absolute Gasteiger partial charge is 0.312 e. The zero-order chi connectivity index (χ0) is 15.1. The van der Waals surface area contributed by atoms with Crippen molar-refractivity contribution < 1.29 is 9.90 Å². The summed E-state index contributed by atoms with van der Waals surface area (Å²) in [4.78, 5) is 11.4. The Labute approximate surface area is 127 Å².